The molecule has 0 amide bonds. The standard InChI is InChI=1S/C29H38FN3O2S/c30-26-7-5-24(6-8-26)29(34)25-10-13-32(14-11-25)15-16-33-22-36-28-21-23(4-9-27(28)33)3-1-2-12-31-17-19-35-20-18-31/h4-9,21,25H,1-3,10-20,22H2. The van der Waals surface area contributed by atoms with Gasteiger partial charge >= 0.3 is 0 Å². The number of carbonyl (C=O) groups is 1. The first-order valence-corrected chi connectivity index (χ1v) is 14.5. The minimum Gasteiger partial charge on any atom is -0.379 e. The molecule has 0 bridgehead atoms. The summed E-state index contributed by atoms with van der Waals surface area (Å²) in [7, 11) is 0. The number of fused-ring (bicyclic) bond motifs is 1. The second-order valence-electron chi connectivity index (χ2n) is 10.2. The molecule has 2 aromatic carbocycles. The summed E-state index contributed by atoms with van der Waals surface area (Å²) in [5.74, 6) is 0.951. The van der Waals surface area contributed by atoms with Gasteiger partial charge in [0.1, 0.15) is 5.82 Å². The summed E-state index contributed by atoms with van der Waals surface area (Å²) in [5.41, 5.74) is 3.47. The number of likely N-dealkylation sites (tertiary alicyclic amines) is 1. The highest BCUT2D eigenvalue weighted by Gasteiger charge is 2.27. The van der Waals surface area contributed by atoms with Crippen LogP contribution >= 0.6 is 11.8 Å². The zero-order valence-corrected chi connectivity index (χ0v) is 22.0. The Bertz CT molecular complexity index is 1000. The van der Waals surface area contributed by atoms with Crippen LogP contribution in [0.25, 0.3) is 0 Å². The maximum Gasteiger partial charge on any atom is 0.166 e. The van der Waals surface area contributed by atoms with Gasteiger partial charge < -0.3 is 14.5 Å². The number of ether oxygens (including phenoxy) is 1. The van der Waals surface area contributed by atoms with Crippen molar-refractivity contribution >= 4 is 23.2 Å². The maximum atomic E-state index is 13.2. The Morgan fingerprint density at radius 1 is 0.917 bits per heavy atom. The van der Waals surface area contributed by atoms with Gasteiger partial charge in [0.2, 0.25) is 0 Å². The summed E-state index contributed by atoms with van der Waals surface area (Å²) in [6, 6.07) is 13.0. The van der Waals surface area contributed by atoms with Gasteiger partial charge in [-0.1, -0.05) is 6.07 Å². The lowest BCUT2D eigenvalue weighted by Gasteiger charge is -2.32. The average molecular weight is 512 g/mol. The number of ketones is 1. The third kappa shape index (κ3) is 6.68. The van der Waals surface area contributed by atoms with E-state index in [-0.39, 0.29) is 17.5 Å². The molecule has 3 heterocycles. The van der Waals surface area contributed by atoms with E-state index in [0.29, 0.717) is 5.56 Å². The number of nitrogens with zero attached hydrogens (tertiary/aromatic N) is 3. The van der Waals surface area contributed by atoms with Crippen molar-refractivity contribution in [2.75, 3.05) is 69.8 Å². The molecular formula is C29H38FN3O2S. The van der Waals surface area contributed by atoms with Gasteiger partial charge in [0.05, 0.1) is 24.8 Å². The summed E-state index contributed by atoms with van der Waals surface area (Å²) < 4.78 is 18.6. The number of rotatable bonds is 10. The van der Waals surface area contributed by atoms with E-state index in [9.17, 15) is 9.18 Å². The fourth-order valence-electron chi connectivity index (χ4n) is 5.51. The first-order valence-electron chi connectivity index (χ1n) is 13.5. The first-order chi connectivity index (χ1) is 17.7. The summed E-state index contributed by atoms with van der Waals surface area (Å²) in [6.45, 7) is 9.07. The molecule has 194 valence electrons. The molecule has 3 aliphatic rings. The number of hydrogen-bond donors (Lipinski definition) is 0. The van der Waals surface area contributed by atoms with Gasteiger partial charge in [0.15, 0.2) is 5.78 Å². The smallest absolute Gasteiger partial charge is 0.166 e. The Morgan fingerprint density at radius 3 is 2.44 bits per heavy atom. The van der Waals surface area contributed by atoms with Crippen molar-refractivity contribution in [3.8, 4) is 0 Å². The number of unbranched alkanes of at least 4 members (excludes halogenated alkanes) is 1. The number of piperidine rings is 1. The van der Waals surface area contributed by atoms with Crippen LogP contribution < -0.4 is 4.90 Å². The average Bonchev–Trinajstić information content (AvgIpc) is 3.33. The van der Waals surface area contributed by atoms with Crippen molar-refractivity contribution in [1.82, 2.24) is 9.80 Å². The van der Waals surface area contributed by atoms with Crippen molar-refractivity contribution in [2.45, 2.75) is 37.0 Å². The number of halogens is 1. The quantitative estimate of drug-likeness (QED) is 0.332. The van der Waals surface area contributed by atoms with Crippen molar-refractivity contribution in [2.24, 2.45) is 5.92 Å². The molecule has 7 heteroatoms. The van der Waals surface area contributed by atoms with Gasteiger partial charge in [-0.2, -0.15) is 0 Å². The van der Waals surface area contributed by atoms with Gasteiger partial charge in [0, 0.05) is 42.6 Å². The third-order valence-corrected chi connectivity index (χ3v) is 8.89. The molecule has 5 rings (SSSR count). The van der Waals surface area contributed by atoms with Crippen LogP contribution in [-0.2, 0) is 11.2 Å². The second kappa shape index (κ2) is 12.5. The van der Waals surface area contributed by atoms with Gasteiger partial charge in [-0.05, 0) is 93.7 Å². The van der Waals surface area contributed by atoms with Crippen LogP contribution in [0.15, 0.2) is 47.4 Å². The highest BCUT2D eigenvalue weighted by atomic mass is 32.2. The van der Waals surface area contributed by atoms with Gasteiger partial charge in [-0.25, -0.2) is 4.39 Å². The molecule has 0 saturated carbocycles. The fourth-order valence-corrected chi connectivity index (χ4v) is 6.66. The molecule has 5 nitrogen and oxygen atoms in total. The van der Waals surface area contributed by atoms with Crippen molar-refractivity contribution in [3.63, 3.8) is 0 Å². The van der Waals surface area contributed by atoms with Crippen molar-refractivity contribution < 1.29 is 13.9 Å². The molecule has 0 spiro atoms. The van der Waals surface area contributed by atoms with Crippen molar-refractivity contribution in [1.29, 1.82) is 0 Å². The minimum absolute atomic E-state index is 0.0575. The van der Waals surface area contributed by atoms with E-state index in [2.05, 4.69) is 32.9 Å². The molecule has 0 aromatic heterocycles. The topological polar surface area (TPSA) is 36.0 Å². The number of aryl methyl sites for hydroxylation is 1. The number of morpholine rings is 1. The molecule has 2 fully saturated rings. The molecule has 2 saturated heterocycles. The van der Waals surface area contributed by atoms with Crippen molar-refractivity contribution in [3.05, 3.63) is 59.4 Å². The Labute approximate surface area is 219 Å². The number of carbonyl (C=O) groups excluding carboxylic acids is 1. The predicted octanol–water partition coefficient (Wildman–Crippen LogP) is 4.95. The Kier molecular flexibility index (Phi) is 8.96. The number of thioether (sulfide) groups is 1. The second-order valence-corrected chi connectivity index (χ2v) is 11.2. The molecular weight excluding hydrogens is 473 g/mol. The highest BCUT2D eigenvalue weighted by molar-refractivity contribution is 7.99. The van der Waals surface area contributed by atoms with E-state index in [1.165, 1.54) is 47.7 Å². The lowest BCUT2D eigenvalue weighted by Crippen LogP contribution is -2.40. The van der Waals surface area contributed by atoms with Crippen LogP contribution in [0.3, 0.4) is 0 Å². The summed E-state index contributed by atoms with van der Waals surface area (Å²) in [5, 5.41) is 0. The number of Topliss-reactive ketones (excluding diaryl/α,β-unsaturated/α-hetero) is 1. The minimum atomic E-state index is -0.293. The van der Waals surface area contributed by atoms with E-state index >= 15 is 0 Å². The molecule has 0 N–H and O–H groups in total. The van der Waals surface area contributed by atoms with E-state index in [1.54, 1.807) is 12.1 Å². The molecule has 0 atom stereocenters. The zero-order valence-electron chi connectivity index (χ0n) is 21.2. The normalized spacial score (nSPS) is 19.5. The van der Waals surface area contributed by atoms with Crippen LogP contribution in [0.1, 0.15) is 41.6 Å². The summed E-state index contributed by atoms with van der Waals surface area (Å²) in [6.07, 6.45) is 5.42. The van der Waals surface area contributed by atoms with Gasteiger partial charge in [0.25, 0.3) is 0 Å². The lowest BCUT2D eigenvalue weighted by molar-refractivity contribution is 0.0372. The zero-order chi connectivity index (χ0) is 24.7. The van der Waals surface area contributed by atoms with E-state index in [0.717, 1.165) is 77.6 Å². The SMILES string of the molecule is O=C(c1ccc(F)cc1)C1CCN(CCN2CSc3cc(CCCCN4CCOCC4)ccc32)CC1. The molecule has 2 aromatic rings. The molecule has 3 aliphatic heterocycles. The Hall–Kier alpha value is -1.93. The largest absolute Gasteiger partial charge is 0.379 e. The maximum absolute atomic E-state index is 13.2. The molecule has 0 aliphatic carbocycles. The number of benzene rings is 2. The Morgan fingerprint density at radius 2 is 1.67 bits per heavy atom. The summed E-state index contributed by atoms with van der Waals surface area (Å²) >= 11 is 1.96. The van der Waals surface area contributed by atoms with Crippen LogP contribution in [0.4, 0.5) is 10.1 Å². The third-order valence-electron chi connectivity index (χ3n) is 7.81. The van der Waals surface area contributed by atoms with E-state index in [4.69, 9.17) is 4.74 Å². The predicted molar refractivity (Wildman–Crippen MR) is 145 cm³/mol. The summed E-state index contributed by atoms with van der Waals surface area (Å²) in [4.78, 5) is 21.7. The number of hydrogen-bond acceptors (Lipinski definition) is 6. The monoisotopic (exact) mass is 511 g/mol. The highest BCUT2D eigenvalue weighted by Crippen LogP contribution is 2.39. The van der Waals surface area contributed by atoms with Crippen LogP contribution in [0.2, 0.25) is 0 Å². The fraction of sp³-hybridized carbons (Fsp3) is 0.552. The Balaban J connectivity index is 1.03. The van der Waals surface area contributed by atoms with Crippen LogP contribution in [0, 0.1) is 11.7 Å². The van der Waals surface area contributed by atoms with Crippen LogP contribution in [0.5, 0.6) is 0 Å². The van der Waals surface area contributed by atoms with E-state index < -0.39 is 0 Å². The van der Waals surface area contributed by atoms with Crippen LogP contribution in [-0.4, -0.2) is 80.5 Å². The number of anilines is 1. The van der Waals surface area contributed by atoms with Gasteiger partial charge in [-0.3, -0.25) is 9.69 Å². The molecule has 0 radical (unpaired) electrons. The van der Waals surface area contributed by atoms with Gasteiger partial charge in [-0.15, -0.1) is 11.8 Å². The first kappa shape index (κ1) is 25.7. The van der Waals surface area contributed by atoms with E-state index in [1.807, 2.05) is 11.8 Å². The molecule has 0 unspecified atom stereocenters. The molecule has 36 heavy (non-hydrogen) atoms. The lowest BCUT2D eigenvalue weighted by atomic mass is 9.89.